The molecule has 0 bridgehead atoms. The standard InChI is InChI=1S/C14H24N2O2/c1-4-5-14(6-7-14)9-16-11(17)8-15-13(18)12(16)10(2)3/h10,12H,4-9H2,1-3H3,(H,15,18). The maximum atomic E-state index is 12.1. The average Bonchev–Trinajstić information content (AvgIpc) is 3.04. The van der Waals surface area contributed by atoms with Gasteiger partial charge in [-0.25, -0.2) is 0 Å². The topological polar surface area (TPSA) is 49.4 Å². The first-order valence-corrected chi connectivity index (χ1v) is 7.06. The Morgan fingerprint density at radius 2 is 2.06 bits per heavy atom. The first-order chi connectivity index (χ1) is 8.49. The summed E-state index contributed by atoms with van der Waals surface area (Å²) in [5.74, 6) is 0.263. The molecule has 0 radical (unpaired) electrons. The zero-order chi connectivity index (χ0) is 13.3. The molecular weight excluding hydrogens is 228 g/mol. The number of rotatable bonds is 5. The van der Waals surface area contributed by atoms with Crippen LogP contribution < -0.4 is 5.32 Å². The Kier molecular flexibility index (Phi) is 3.64. The number of nitrogens with one attached hydrogen (secondary N) is 1. The van der Waals surface area contributed by atoms with Gasteiger partial charge in [0.25, 0.3) is 0 Å². The maximum absolute atomic E-state index is 12.1. The second kappa shape index (κ2) is 4.90. The van der Waals surface area contributed by atoms with Crippen LogP contribution in [-0.2, 0) is 9.59 Å². The molecule has 1 aliphatic carbocycles. The zero-order valence-electron chi connectivity index (χ0n) is 11.7. The summed E-state index contributed by atoms with van der Waals surface area (Å²) in [4.78, 5) is 25.9. The Hall–Kier alpha value is -1.06. The minimum Gasteiger partial charge on any atom is -0.345 e. The normalized spacial score (nSPS) is 26.4. The van der Waals surface area contributed by atoms with E-state index in [0.717, 1.165) is 13.0 Å². The molecule has 2 fully saturated rings. The van der Waals surface area contributed by atoms with Crippen LogP contribution in [0.15, 0.2) is 0 Å². The molecule has 1 unspecified atom stereocenters. The molecule has 0 aromatic carbocycles. The Balaban J connectivity index is 2.11. The van der Waals surface area contributed by atoms with Crippen LogP contribution in [0.1, 0.15) is 46.5 Å². The molecule has 4 heteroatoms. The summed E-state index contributed by atoms with van der Waals surface area (Å²) in [5, 5.41) is 2.70. The van der Waals surface area contributed by atoms with E-state index in [1.165, 1.54) is 19.3 Å². The molecule has 1 aliphatic heterocycles. The van der Waals surface area contributed by atoms with Crippen LogP contribution in [0.25, 0.3) is 0 Å². The minimum atomic E-state index is -0.277. The van der Waals surface area contributed by atoms with Crippen molar-refractivity contribution in [2.75, 3.05) is 13.1 Å². The first kappa shape index (κ1) is 13.4. The zero-order valence-corrected chi connectivity index (χ0v) is 11.7. The molecule has 2 rings (SSSR count). The maximum Gasteiger partial charge on any atom is 0.243 e. The summed E-state index contributed by atoms with van der Waals surface area (Å²) in [7, 11) is 0. The van der Waals surface area contributed by atoms with Crippen molar-refractivity contribution >= 4 is 11.8 Å². The van der Waals surface area contributed by atoms with Gasteiger partial charge in [0.1, 0.15) is 6.04 Å². The van der Waals surface area contributed by atoms with Crippen LogP contribution in [0.4, 0.5) is 0 Å². The number of hydrogen-bond donors (Lipinski definition) is 1. The van der Waals surface area contributed by atoms with Crippen LogP contribution in [0, 0.1) is 11.3 Å². The lowest BCUT2D eigenvalue weighted by atomic mass is 9.94. The van der Waals surface area contributed by atoms with E-state index < -0.39 is 0 Å². The SMILES string of the molecule is CCCC1(CN2C(=O)CNC(=O)C2C(C)C)CC1. The number of piperazine rings is 1. The number of amides is 2. The van der Waals surface area contributed by atoms with Crippen LogP contribution in [0.5, 0.6) is 0 Å². The molecule has 1 N–H and O–H groups in total. The summed E-state index contributed by atoms with van der Waals surface area (Å²) in [6, 6.07) is -0.277. The van der Waals surface area contributed by atoms with E-state index in [4.69, 9.17) is 0 Å². The molecule has 1 saturated carbocycles. The van der Waals surface area contributed by atoms with Gasteiger partial charge in [0.15, 0.2) is 0 Å². The molecule has 4 nitrogen and oxygen atoms in total. The van der Waals surface area contributed by atoms with E-state index in [0.29, 0.717) is 5.41 Å². The van der Waals surface area contributed by atoms with Gasteiger partial charge in [-0.3, -0.25) is 9.59 Å². The van der Waals surface area contributed by atoms with E-state index >= 15 is 0 Å². The Morgan fingerprint density at radius 1 is 1.39 bits per heavy atom. The lowest BCUT2D eigenvalue weighted by Gasteiger charge is -2.39. The third-order valence-electron chi connectivity index (χ3n) is 4.21. The highest BCUT2D eigenvalue weighted by atomic mass is 16.2. The van der Waals surface area contributed by atoms with Crippen molar-refractivity contribution in [3.63, 3.8) is 0 Å². The Morgan fingerprint density at radius 3 is 2.56 bits per heavy atom. The number of carbonyl (C=O) groups excluding carboxylic acids is 2. The summed E-state index contributed by atoms with van der Waals surface area (Å²) in [5.41, 5.74) is 0.315. The van der Waals surface area contributed by atoms with Crippen LogP contribution in [0.2, 0.25) is 0 Å². The van der Waals surface area contributed by atoms with Crippen LogP contribution >= 0.6 is 0 Å². The number of carbonyl (C=O) groups is 2. The van der Waals surface area contributed by atoms with Gasteiger partial charge < -0.3 is 10.2 Å². The van der Waals surface area contributed by atoms with Crippen molar-refractivity contribution in [1.82, 2.24) is 10.2 Å². The van der Waals surface area contributed by atoms with Crippen molar-refractivity contribution < 1.29 is 9.59 Å². The van der Waals surface area contributed by atoms with Gasteiger partial charge >= 0.3 is 0 Å². The fourth-order valence-electron chi connectivity index (χ4n) is 3.07. The average molecular weight is 252 g/mol. The van der Waals surface area contributed by atoms with E-state index in [9.17, 15) is 9.59 Å². The van der Waals surface area contributed by atoms with Gasteiger partial charge in [0.05, 0.1) is 6.54 Å². The van der Waals surface area contributed by atoms with E-state index in [2.05, 4.69) is 12.2 Å². The minimum absolute atomic E-state index is 0.0110. The van der Waals surface area contributed by atoms with E-state index in [-0.39, 0.29) is 30.3 Å². The van der Waals surface area contributed by atoms with Gasteiger partial charge in [0, 0.05) is 6.54 Å². The van der Waals surface area contributed by atoms with Gasteiger partial charge in [-0.05, 0) is 30.6 Å². The highest BCUT2D eigenvalue weighted by molar-refractivity contribution is 5.95. The number of nitrogens with zero attached hydrogens (tertiary/aromatic N) is 1. The second-order valence-electron chi connectivity index (χ2n) is 6.18. The third kappa shape index (κ3) is 2.52. The molecule has 0 spiro atoms. The summed E-state index contributed by atoms with van der Waals surface area (Å²) in [6.45, 7) is 7.15. The first-order valence-electron chi connectivity index (χ1n) is 7.06. The third-order valence-corrected chi connectivity index (χ3v) is 4.21. The quantitative estimate of drug-likeness (QED) is 0.807. The van der Waals surface area contributed by atoms with Crippen molar-refractivity contribution in [3.05, 3.63) is 0 Å². The van der Waals surface area contributed by atoms with Crippen molar-refractivity contribution in [1.29, 1.82) is 0 Å². The molecule has 1 atom stereocenters. The van der Waals surface area contributed by atoms with E-state index in [1.54, 1.807) is 0 Å². The summed E-state index contributed by atoms with van der Waals surface area (Å²) in [6.07, 6.45) is 4.73. The highest BCUT2D eigenvalue weighted by Gasteiger charge is 2.47. The largest absolute Gasteiger partial charge is 0.345 e. The molecule has 2 aliphatic rings. The molecule has 0 aromatic rings. The smallest absolute Gasteiger partial charge is 0.243 e. The summed E-state index contributed by atoms with van der Waals surface area (Å²) < 4.78 is 0. The number of hydrogen-bond acceptors (Lipinski definition) is 2. The molecule has 102 valence electrons. The van der Waals surface area contributed by atoms with Crippen molar-refractivity contribution in [3.8, 4) is 0 Å². The van der Waals surface area contributed by atoms with Crippen LogP contribution in [0.3, 0.4) is 0 Å². The lowest BCUT2D eigenvalue weighted by Crippen LogP contribution is -2.61. The van der Waals surface area contributed by atoms with Gasteiger partial charge in [-0.2, -0.15) is 0 Å². The predicted octanol–water partition coefficient (Wildman–Crippen LogP) is 1.55. The molecule has 2 amide bonds. The Bertz CT molecular complexity index is 348. The molecular formula is C14H24N2O2. The van der Waals surface area contributed by atoms with Gasteiger partial charge in [-0.15, -0.1) is 0 Å². The van der Waals surface area contributed by atoms with Crippen molar-refractivity contribution in [2.24, 2.45) is 11.3 Å². The van der Waals surface area contributed by atoms with E-state index in [1.807, 2.05) is 18.7 Å². The Labute approximate surface area is 109 Å². The lowest BCUT2D eigenvalue weighted by molar-refractivity contribution is -0.148. The van der Waals surface area contributed by atoms with Gasteiger partial charge in [0.2, 0.25) is 11.8 Å². The fourth-order valence-corrected chi connectivity index (χ4v) is 3.07. The molecule has 1 heterocycles. The van der Waals surface area contributed by atoms with Crippen LogP contribution in [-0.4, -0.2) is 35.8 Å². The highest BCUT2D eigenvalue weighted by Crippen LogP contribution is 2.50. The molecule has 0 aromatic heterocycles. The van der Waals surface area contributed by atoms with Gasteiger partial charge in [-0.1, -0.05) is 27.2 Å². The second-order valence-corrected chi connectivity index (χ2v) is 6.18. The summed E-state index contributed by atoms with van der Waals surface area (Å²) >= 11 is 0. The predicted molar refractivity (Wildman–Crippen MR) is 69.9 cm³/mol. The van der Waals surface area contributed by atoms with Crippen molar-refractivity contribution in [2.45, 2.75) is 52.5 Å². The monoisotopic (exact) mass is 252 g/mol. The fraction of sp³-hybridized carbons (Fsp3) is 0.857. The molecule has 18 heavy (non-hydrogen) atoms. The molecule has 1 saturated heterocycles.